The molecule has 0 saturated heterocycles. The van der Waals surface area contributed by atoms with Crippen molar-refractivity contribution in [2.24, 2.45) is 4.99 Å². The maximum Gasteiger partial charge on any atom is 0.407 e. The summed E-state index contributed by atoms with van der Waals surface area (Å²) in [6.07, 6.45) is -5.69. The number of nitrogens with one attached hydrogen (secondary N) is 1. The number of amides is 1. The van der Waals surface area contributed by atoms with E-state index in [0.29, 0.717) is 26.2 Å². The molecule has 0 fully saturated rings. The molecule has 1 atom stereocenters. The van der Waals surface area contributed by atoms with E-state index >= 15 is 0 Å². The molecule has 0 radical (unpaired) electrons. The number of aliphatic imine (C=N–C) groups is 1. The lowest BCUT2D eigenvalue weighted by molar-refractivity contribution is -0.139. The van der Waals surface area contributed by atoms with Gasteiger partial charge in [0, 0.05) is 15.7 Å². The van der Waals surface area contributed by atoms with E-state index in [0.717, 1.165) is 12.3 Å². The van der Waals surface area contributed by atoms with Crippen LogP contribution in [0.2, 0.25) is 5.02 Å². The van der Waals surface area contributed by atoms with Crippen LogP contribution in [0, 0.1) is 13.8 Å². The topological polar surface area (TPSA) is 41.5 Å². The average molecular weight is 570 g/mol. The molecule has 34 heavy (non-hydrogen) atoms. The van der Waals surface area contributed by atoms with Crippen LogP contribution in [0.3, 0.4) is 0 Å². The largest absolute Gasteiger partial charge is 0.407 e. The molecule has 184 valence electrons. The first-order valence-electron chi connectivity index (χ1n) is 9.83. The smallest absolute Gasteiger partial charge is 0.347 e. The predicted molar refractivity (Wildman–Crippen MR) is 125 cm³/mol. The zero-order valence-corrected chi connectivity index (χ0v) is 20.3. The number of alkyl halides is 6. The normalized spacial score (nSPS) is 13.6. The van der Waals surface area contributed by atoms with Crippen molar-refractivity contribution in [3.8, 4) is 0 Å². The monoisotopic (exact) mass is 568 g/mol. The maximum atomic E-state index is 13.7. The van der Waals surface area contributed by atoms with Crippen LogP contribution >= 0.6 is 27.5 Å². The molecule has 0 aromatic heterocycles. The van der Waals surface area contributed by atoms with Crippen molar-refractivity contribution in [3.63, 3.8) is 0 Å². The van der Waals surface area contributed by atoms with Gasteiger partial charge in [0.2, 0.25) is 0 Å². The van der Waals surface area contributed by atoms with Crippen molar-refractivity contribution in [2.45, 2.75) is 32.1 Å². The Kier molecular flexibility index (Phi) is 9.36. The van der Waals surface area contributed by atoms with E-state index in [4.69, 9.17) is 11.6 Å². The van der Waals surface area contributed by atoms with Crippen LogP contribution in [-0.2, 0) is 0 Å². The number of carbonyl (C=O) groups is 1. The van der Waals surface area contributed by atoms with E-state index in [9.17, 15) is 31.1 Å². The number of benzene rings is 2. The fraction of sp³-hybridized carbons (Fsp3) is 0.304. The van der Waals surface area contributed by atoms with Gasteiger partial charge in [-0.2, -0.15) is 26.3 Å². The van der Waals surface area contributed by atoms with Crippen LogP contribution in [-0.4, -0.2) is 37.6 Å². The van der Waals surface area contributed by atoms with Gasteiger partial charge in [0.05, 0.1) is 18.0 Å². The molecule has 3 nitrogen and oxygen atoms in total. The molecule has 0 spiro atoms. The van der Waals surface area contributed by atoms with Crippen LogP contribution in [0.25, 0.3) is 6.08 Å². The lowest BCUT2D eigenvalue weighted by Crippen LogP contribution is -2.26. The highest BCUT2D eigenvalue weighted by molar-refractivity contribution is 9.10. The second kappa shape index (κ2) is 11.4. The van der Waals surface area contributed by atoms with Gasteiger partial charge in [0.15, 0.2) is 0 Å². The van der Waals surface area contributed by atoms with Gasteiger partial charge in [-0.25, -0.2) is 0 Å². The number of aryl methyl sites for hydroxylation is 2. The molecule has 1 N–H and O–H groups in total. The number of hydrogen-bond acceptors (Lipinski definition) is 2. The number of carbonyl (C=O) groups excluding carboxylic acids is 1. The first-order valence-corrected chi connectivity index (χ1v) is 11.0. The van der Waals surface area contributed by atoms with E-state index in [2.05, 4.69) is 26.2 Å². The minimum atomic E-state index is -4.53. The molecule has 0 aliphatic carbocycles. The van der Waals surface area contributed by atoms with Crippen LogP contribution in [0.5, 0.6) is 0 Å². The second-order valence-corrected chi connectivity index (χ2v) is 8.67. The third-order valence-corrected chi connectivity index (χ3v) is 5.90. The highest BCUT2D eigenvalue weighted by atomic mass is 79.9. The minimum Gasteiger partial charge on any atom is -0.347 e. The Hall–Kier alpha value is -2.33. The summed E-state index contributed by atoms with van der Waals surface area (Å²) in [5.74, 6) is -2.44. The number of nitrogens with zero attached hydrogens (tertiary/aromatic N) is 1. The quantitative estimate of drug-likeness (QED) is 0.273. The van der Waals surface area contributed by atoms with Crippen LogP contribution in [0.15, 0.2) is 45.9 Å². The summed E-state index contributed by atoms with van der Waals surface area (Å²) in [5.41, 5.74) is 1.72. The summed E-state index contributed by atoms with van der Waals surface area (Å²) >= 11 is 9.28. The Bertz CT molecular complexity index is 1070. The highest BCUT2D eigenvalue weighted by Gasteiger charge is 2.39. The molecule has 2 aromatic carbocycles. The predicted octanol–water partition coefficient (Wildman–Crippen LogP) is 7.44. The molecule has 2 rings (SSSR count). The summed E-state index contributed by atoms with van der Waals surface area (Å²) in [6.45, 7) is 1.72. The number of halogens is 8. The molecule has 0 heterocycles. The van der Waals surface area contributed by atoms with Gasteiger partial charge < -0.3 is 5.32 Å². The minimum absolute atomic E-state index is 0.0606. The molecular formula is C23H20BrClF6N2O. The second-order valence-electron chi connectivity index (χ2n) is 7.43. The number of allylic oxidation sites excluding steroid dienone is 1. The van der Waals surface area contributed by atoms with E-state index in [1.165, 1.54) is 36.4 Å². The number of hydrogen-bond donors (Lipinski definition) is 1. The van der Waals surface area contributed by atoms with Gasteiger partial charge >= 0.3 is 12.4 Å². The van der Waals surface area contributed by atoms with Crippen LogP contribution < -0.4 is 5.32 Å². The van der Waals surface area contributed by atoms with E-state index in [1.807, 2.05) is 0 Å². The first-order chi connectivity index (χ1) is 15.7. The highest BCUT2D eigenvalue weighted by Crippen LogP contribution is 2.38. The Morgan fingerprint density at radius 1 is 1.12 bits per heavy atom. The van der Waals surface area contributed by atoms with Gasteiger partial charge in [-0.05, 0) is 64.2 Å². The van der Waals surface area contributed by atoms with Crippen molar-refractivity contribution < 1.29 is 31.1 Å². The van der Waals surface area contributed by atoms with Crippen molar-refractivity contribution in [1.82, 2.24) is 5.32 Å². The Morgan fingerprint density at radius 2 is 1.74 bits per heavy atom. The fourth-order valence-corrected chi connectivity index (χ4v) is 3.75. The van der Waals surface area contributed by atoms with Gasteiger partial charge in [0.1, 0.15) is 6.54 Å². The lowest BCUT2D eigenvalue weighted by atomic mass is 9.94. The Labute approximate surface area is 206 Å². The fourth-order valence-electron chi connectivity index (χ4n) is 3.06. The molecule has 0 aliphatic rings. The van der Waals surface area contributed by atoms with Crippen molar-refractivity contribution >= 4 is 45.7 Å². The van der Waals surface area contributed by atoms with Gasteiger partial charge in [0.25, 0.3) is 5.91 Å². The Balaban J connectivity index is 2.16. The molecular weight excluding hydrogens is 550 g/mol. The third kappa shape index (κ3) is 8.16. The van der Waals surface area contributed by atoms with Gasteiger partial charge in [-0.15, -0.1) is 0 Å². The average Bonchev–Trinajstić information content (AvgIpc) is 2.70. The summed E-state index contributed by atoms with van der Waals surface area (Å²) in [7, 11) is 0. The molecule has 0 saturated carbocycles. The first kappa shape index (κ1) is 27.9. The molecule has 0 bridgehead atoms. The van der Waals surface area contributed by atoms with Crippen LogP contribution in [0.1, 0.15) is 38.5 Å². The summed E-state index contributed by atoms with van der Waals surface area (Å²) in [5, 5.41) is 2.80. The summed E-state index contributed by atoms with van der Waals surface area (Å²) < 4.78 is 77.7. The molecule has 2 aromatic rings. The van der Waals surface area contributed by atoms with Crippen LogP contribution in [0.4, 0.5) is 26.3 Å². The summed E-state index contributed by atoms with van der Waals surface area (Å²) in [6, 6.07) is 7.12. The SMILES string of the molecule is Cc1cc(C(/C=C\c2ccc(C(=O)NC/C=N/CC(F)(F)F)c(Br)c2)C(F)(F)F)cc(C)c1Cl. The molecule has 1 unspecified atom stereocenters. The molecule has 11 heteroatoms. The zero-order valence-electron chi connectivity index (χ0n) is 18.0. The van der Waals surface area contributed by atoms with Crippen molar-refractivity contribution in [1.29, 1.82) is 0 Å². The number of rotatable bonds is 7. The van der Waals surface area contributed by atoms with Crippen molar-refractivity contribution in [3.05, 3.63) is 73.7 Å². The lowest BCUT2D eigenvalue weighted by Gasteiger charge is -2.19. The zero-order chi connectivity index (χ0) is 25.7. The van der Waals surface area contributed by atoms with Gasteiger partial charge in [-0.1, -0.05) is 42.0 Å². The standard InChI is InChI=1S/C23H20BrClF6N2O/c1-13-9-16(10-14(2)20(13)25)18(23(29,30)31)6-4-15-3-5-17(19(24)11-15)21(34)33-8-7-32-12-22(26,27)28/h3-7,9-11,18H,8,12H2,1-2H3,(H,33,34)/b6-4-,32-7+. The Morgan fingerprint density at radius 3 is 2.26 bits per heavy atom. The van der Waals surface area contributed by atoms with E-state index < -0.39 is 30.7 Å². The molecule has 0 aliphatic heterocycles. The van der Waals surface area contributed by atoms with E-state index in [1.54, 1.807) is 13.8 Å². The maximum absolute atomic E-state index is 13.7. The third-order valence-electron chi connectivity index (χ3n) is 4.64. The van der Waals surface area contributed by atoms with Crippen molar-refractivity contribution in [2.75, 3.05) is 13.1 Å². The summed E-state index contributed by atoms with van der Waals surface area (Å²) in [4.78, 5) is 15.4. The van der Waals surface area contributed by atoms with E-state index in [-0.39, 0.29) is 17.7 Å². The van der Waals surface area contributed by atoms with Gasteiger partial charge in [-0.3, -0.25) is 9.79 Å². The molecule has 1 amide bonds.